The first-order valence-corrected chi connectivity index (χ1v) is 18.1. The number of esters is 2. The summed E-state index contributed by atoms with van der Waals surface area (Å²) in [6.07, 6.45) is 12.3. The second-order valence-corrected chi connectivity index (χ2v) is 15.8. The Bertz CT molecular complexity index is 1010. The molecule has 4 aliphatic carbocycles. The summed E-state index contributed by atoms with van der Waals surface area (Å²) in [5.41, 5.74) is 0.142. The standard InChI is InChI=1S/C38H58O8/c1-37(27-6-14-31(39)15-7-27,28-8-16-32(40)17-9-28)23-45-35(43)25-4-3-5-26(22-25)36(44)46-24-38(2,29-10-18-33(41)19-11-29)30-12-20-34(42)21-13-30/h3-5,22,27-34,39-42H,6-21,23-24H2,1-2H3. The van der Waals surface area contributed by atoms with Gasteiger partial charge in [0.15, 0.2) is 0 Å². The van der Waals surface area contributed by atoms with E-state index in [1.807, 2.05) is 0 Å². The van der Waals surface area contributed by atoms with E-state index in [0.29, 0.717) is 34.8 Å². The summed E-state index contributed by atoms with van der Waals surface area (Å²) in [6.45, 7) is 4.98. The van der Waals surface area contributed by atoms with E-state index >= 15 is 0 Å². The fourth-order valence-corrected chi connectivity index (χ4v) is 9.46. The minimum atomic E-state index is -0.459. The lowest BCUT2D eigenvalue weighted by atomic mass is 9.60. The highest BCUT2D eigenvalue weighted by molar-refractivity contribution is 5.95. The lowest BCUT2D eigenvalue weighted by molar-refractivity contribution is -0.0521. The first kappa shape index (κ1) is 35.3. The van der Waals surface area contributed by atoms with E-state index in [2.05, 4.69) is 13.8 Å². The van der Waals surface area contributed by atoms with Crippen LogP contribution in [0.5, 0.6) is 0 Å². The van der Waals surface area contributed by atoms with Gasteiger partial charge in [-0.3, -0.25) is 0 Å². The molecule has 1 aromatic carbocycles. The molecular formula is C38H58O8. The molecule has 258 valence electrons. The summed E-state index contributed by atoms with van der Waals surface area (Å²) in [5.74, 6) is 0.413. The number of hydrogen-bond donors (Lipinski definition) is 4. The van der Waals surface area contributed by atoms with Gasteiger partial charge >= 0.3 is 11.9 Å². The van der Waals surface area contributed by atoms with Crippen molar-refractivity contribution in [2.75, 3.05) is 13.2 Å². The van der Waals surface area contributed by atoms with Crippen LogP contribution < -0.4 is 0 Å². The third-order valence-corrected chi connectivity index (χ3v) is 12.9. The van der Waals surface area contributed by atoms with Gasteiger partial charge in [0.2, 0.25) is 0 Å². The summed E-state index contributed by atoms with van der Waals surface area (Å²) < 4.78 is 12.0. The number of hydrogen-bond acceptors (Lipinski definition) is 8. The Morgan fingerprint density at radius 1 is 0.543 bits per heavy atom. The van der Waals surface area contributed by atoms with Gasteiger partial charge in [-0.2, -0.15) is 0 Å². The van der Waals surface area contributed by atoms with Crippen LogP contribution in [-0.4, -0.2) is 70.0 Å². The van der Waals surface area contributed by atoms with Crippen molar-refractivity contribution in [3.05, 3.63) is 35.4 Å². The Morgan fingerprint density at radius 2 is 0.804 bits per heavy atom. The van der Waals surface area contributed by atoms with Crippen LogP contribution in [0.15, 0.2) is 24.3 Å². The maximum Gasteiger partial charge on any atom is 0.338 e. The summed E-state index contributed by atoms with van der Waals surface area (Å²) in [4.78, 5) is 26.8. The molecule has 0 spiro atoms. The quantitative estimate of drug-likeness (QED) is 0.221. The van der Waals surface area contributed by atoms with Crippen molar-refractivity contribution < 1.29 is 39.5 Å². The molecule has 8 nitrogen and oxygen atoms in total. The molecule has 4 N–H and O–H groups in total. The highest BCUT2D eigenvalue weighted by Gasteiger charge is 2.46. The van der Waals surface area contributed by atoms with Gasteiger partial charge in [0, 0.05) is 10.8 Å². The highest BCUT2D eigenvalue weighted by Crippen LogP contribution is 2.50. The van der Waals surface area contributed by atoms with Crippen LogP contribution in [0.2, 0.25) is 0 Å². The number of rotatable bonds is 10. The Morgan fingerprint density at radius 3 is 1.07 bits per heavy atom. The first-order chi connectivity index (χ1) is 22.0. The number of carbonyl (C=O) groups excluding carboxylic acids is 2. The Hall–Kier alpha value is -2.00. The summed E-state index contributed by atoms with van der Waals surface area (Å²) in [5, 5.41) is 40.5. The summed E-state index contributed by atoms with van der Waals surface area (Å²) in [6, 6.07) is 6.62. The van der Waals surface area contributed by atoms with Crippen molar-refractivity contribution in [3.63, 3.8) is 0 Å². The van der Waals surface area contributed by atoms with Crippen molar-refractivity contribution in [2.24, 2.45) is 34.5 Å². The molecule has 4 fully saturated rings. The van der Waals surface area contributed by atoms with E-state index < -0.39 is 11.9 Å². The van der Waals surface area contributed by atoms with E-state index in [1.54, 1.807) is 24.3 Å². The second-order valence-electron chi connectivity index (χ2n) is 15.8. The fourth-order valence-electron chi connectivity index (χ4n) is 9.46. The van der Waals surface area contributed by atoms with Gasteiger partial charge in [0.05, 0.1) is 48.8 Å². The first-order valence-electron chi connectivity index (χ1n) is 18.1. The number of ether oxygens (including phenoxy) is 2. The Kier molecular flexibility index (Phi) is 11.9. The summed E-state index contributed by atoms with van der Waals surface area (Å²) in [7, 11) is 0. The van der Waals surface area contributed by atoms with Gasteiger partial charge in [-0.1, -0.05) is 19.9 Å². The van der Waals surface area contributed by atoms with Crippen LogP contribution in [0, 0.1) is 34.5 Å². The largest absolute Gasteiger partial charge is 0.461 e. The zero-order valence-electron chi connectivity index (χ0n) is 28.1. The zero-order valence-corrected chi connectivity index (χ0v) is 28.1. The van der Waals surface area contributed by atoms with E-state index in [9.17, 15) is 30.0 Å². The third kappa shape index (κ3) is 8.34. The molecule has 0 aliphatic heterocycles. The minimum absolute atomic E-state index is 0.249. The number of aliphatic hydroxyl groups excluding tert-OH is 4. The smallest absolute Gasteiger partial charge is 0.338 e. The topological polar surface area (TPSA) is 134 Å². The SMILES string of the molecule is CC(COC(=O)c1cccc(C(=O)OCC(C)(C2CCC(O)CC2)C2CCC(O)CC2)c1)(C1CCC(O)CC1)C1CCC(O)CC1. The molecule has 1 aromatic rings. The van der Waals surface area contributed by atoms with Gasteiger partial charge in [-0.25, -0.2) is 9.59 Å². The van der Waals surface area contributed by atoms with Gasteiger partial charge in [0.25, 0.3) is 0 Å². The van der Waals surface area contributed by atoms with Crippen LogP contribution in [0.3, 0.4) is 0 Å². The van der Waals surface area contributed by atoms with Gasteiger partial charge in [-0.05, 0) is 145 Å². The molecule has 5 rings (SSSR count). The summed E-state index contributed by atoms with van der Waals surface area (Å²) >= 11 is 0. The number of aliphatic hydroxyl groups is 4. The van der Waals surface area contributed by atoms with E-state index in [-0.39, 0.29) is 48.5 Å². The third-order valence-electron chi connectivity index (χ3n) is 12.9. The van der Waals surface area contributed by atoms with Crippen LogP contribution in [0.1, 0.15) is 137 Å². The average molecular weight is 643 g/mol. The lowest BCUT2D eigenvalue weighted by Gasteiger charge is -2.47. The Labute approximate surface area is 275 Å². The molecule has 4 aliphatic rings. The van der Waals surface area contributed by atoms with Crippen molar-refractivity contribution in [2.45, 2.75) is 141 Å². The molecule has 0 aromatic heterocycles. The van der Waals surface area contributed by atoms with Crippen LogP contribution >= 0.6 is 0 Å². The van der Waals surface area contributed by atoms with Gasteiger partial charge in [0.1, 0.15) is 0 Å². The highest BCUT2D eigenvalue weighted by atomic mass is 16.5. The molecule has 0 amide bonds. The molecule has 0 radical (unpaired) electrons. The lowest BCUT2D eigenvalue weighted by Crippen LogP contribution is -2.44. The number of carbonyl (C=O) groups is 2. The minimum Gasteiger partial charge on any atom is -0.461 e. The normalized spacial score (nSPS) is 34.9. The monoisotopic (exact) mass is 642 g/mol. The van der Waals surface area contributed by atoms with Crippen LogP contribution in [-0.2, 0) is 9.47 Å². The van der Waals surface area contributed by atoms with E-state index in [4.69, 9.17) is 9.47 Å². The average Bonchev–Trinajstić information content (AvgIpc) is 3.07. The molecular weight excluding hydrogens is 584 g/mol. The second kappa shape index (κ2) is 15.5. The Balaban J connectivity index is 1.24. The zero-order chi connectivity index (χ0) is 32.9. The van der Waals surface area contributed by atoms with Crippen molar-refractivity contribution in [3.8, 4) is 0 Å². The fraction of sp³-hybridized carbons (Fsp3) is 0.789. The van der Waals surface area contributed by atoms with Crippen molar-refractivity contribution >= 4 is 11.9 Å². The maximum atomic E-state index is 13.4. The maximum absolute atomic E-state index is 13.4. The number of benzene rings is 1. The van der Waals surface area contributed by atoms with Crippen molar-refractivity contribution in [1.29, 1.82) is 0 Å². The van der Waals surface area contributed by atoms with Crippen LogP contribution in [0.4, 0.5) is 0 Å². The molecule has 46 heavy (non-hydrogen) atoms. The van der Waals surface area contributed by atoms with E-state index in [0.717, 1.165) is 103 Å². The molecule has 0 heterocycles. The van der Waals surface area contributed by atoms with Crippen molar-refractivity contribution in [1.82, 2.24) is 0 Å². The van der Waals surface area contributed by atoms with Crippen LogP contribution in [0.25, 0.3) is 0 Å². The molecule has 0 unspecified atom stereocenters. The molecule has 8 heteroatoms. The predicted octanol–water partition coefficient (Wildman–Crippen LogP) is 6.22. The molecule has 0 atom stereocenters. The molecule has 4 saturated carbocycles. The van der Waals surface area contributed by atoms with E-state index in [1.165, 1.54) is 0 Å². The predicted molar refractivity (Wildman–Crippen MR) is 175 cm³/mol. The van der Waals surface area contributed by atoms with Gasteiger partial charge < -0.3 is 29.9 Å². The molecule has 0 saturated heterocycles. The molecule has 0 bridgehead atoms. The van der Waals surface area contributed by atoms with Gasteiger partial charge in [-0.15, -0.1) is 0 Å².